The van der Waals surface area contributed by atoms with Crippen LogP contribution in [-0.2, 0) is 0 Å². The lowest BCUT2D eigenvalue weighted by Gasteiger charge is -2.18. The van der Waals surface area contributed by atoms with Gasteiger partial charge in [-0.15, -0.1) is 0 Å². The summed E-state index contributed by atoms with van der Waals surface area (Å²) < 4.78 is 0. The molecule has 20 heavy (non-hydrogen) atoms. The zero-order valence-corrected chi connectivity index (χ0v) is 10.8. The number of aromatic carboxylic acids is 1. The fourth-order valence-electron chi connectivity index (χ4n) is 1.71. The Balaban J connectivity index is 2.30. The largest absolute Gasteiger partial charge is 0.478 e. The molecule has 0 spiro atoms. The molecule has 0 unspecified atom stereocenters. The van der Waals surface area contributed by atoms with E-state index in [9.17, 15) is 9.59 Å². The van der Waals surface area contributed by atoms with Gasteiger partial charge in [0.25, 0.3) is 0 Å². The molecular weight excluding hydrogens is 258 g/mol. The first-order valence-electron chi connectivity index (χ1n) is 5.82. The van der Waals surface area contributed by atoms with Crippen LogP contribution in [0.3, 0.4) is 0 Å². The maximum Gasteiger partial charge on any atom is 0.335 e. The number of carbonyl (C=O) groups is 2. The van der Waals surface area contributed by atoms with Crippen molar-refractivity contribution in [2.75, 3.05) is 11.9 Å². The third kappa shape index (κ3) is 2.74. The van der Waals surface area contributed by atoms with Crippen molar-refractivity contribution in [2.24, 2.45) is 5.73 Å². The Kier molecular flexibility index (Phi) is 3.65. The van der Waals surface area contributed by atoms with Crippen LogP contribution in [0.2, 0.25) is 0 Å². The number of hydrogen-bond donors (Lipinski definition) is 2. The molecule has 6 nitrogen and oxygen atoms in total. The summed E-state index contributed by atoms with van der Waals surface area (Å²) >= 11 is 0. The maximum atomic E-state index is 11.1. The highest BCUT2D eigenvalue weighted by atomic mass is 16.4. The van der Waals surface area contributed by atoms with Crippen LogP contribution in [0.4, 0.5) is 11.5 Å². The molecule has 0 saturated heterocycles. The number of carbonyl (C=O) groups excluding carboxylic acids is 1. The van der Waals surface area contributed by atoms with E-state index in [-0.39, 0.29) is 5.56 Å². The second-order valence-corrected chi connectivity index (χ2v) is 4.18. The van der Waals surface area contributed by atoms with Gasteiger partial charge in [-0.2, -0.15) is 0 Å². The van der Waals surface area contributed by atoms with Crippen molar-refractivity contribution in [3.63, 3.8) is 0 Å². The molecule has 2 aromatic rings. The van der Waals surface area contributed by atoms with Gasteiger partial charge in [0.1, 0.15) is 5.82 Å². The van der Waals surface area contributed by atoms with E-state index >= 15 is 0 Å². The van der Waals surface area contributed by atoms with E-state index < -0.39 is 11.9 Å². The molecule has 1 amide bonds. The van der Waals surface area contributed by atoms with Gasteiger partial charge in [-0.1, -0.05) is 0 Å². The molecule has 1 aromatic carbocycles. The predicted molar refractivity (Wildman–Crippen MR) is 74.2 cm³/mol. The molecule has 1 heterocycles. The van der Waals surface area contributed by atoms with Crippen LogP contribution in [0.1, 0.15) is 20.7 Å². The summed E-state index contributed by atoms with van der Waals surface area (Å²) in [6.07, 6.45) is 1.50. The third-order valence-electron chi connectivity index (χ3n) is 2.88. The molecule has 0 bridgehead atoms. The van der Waals surface area contributed by atoms with E-state index in [0.29, 0.717) is 11.4 Å². The molecule has 0 saturated carbocycles. The molecule has 0 fully saturated rings. The predicted octanol–water partition coefficient (Wildman–Crippen LogP) is 1.65. The number of nitrogens with zero attached hydrogens (tertiary/aromatic N) is 2. The lowest BCUT2D eigenvalue weighted by molar-refractivity contribution is 0.0696. The zero-order valence-electron chi connectivity index (χ0n) is 10.8. The number of nitrogens with two attached hydrogens (primary N) is 1. The number of pyridine rings is 1. The van der Waals surface area contributed by atoms with Gasteiger partial charge in [-0.05, 0) is 36.4 Å². The third-order valence-corrected chi connectivity index (χ3v) is 2.88. The molecule has 0 aliphatic rings. The van der Waals surface area contributed by atoms with Crippen molar-refractivity contribution in [1.82, 2.24) is 4.98 Å². The van der Waals surface area contributed by atoms with E-state index in [1.807, 2.05) is 0 Å². The summed E-state index contributed by atoms with van der Waals surface area (Å²) in [5.74, 6) is -0.958. The average molecular weight is 271 g/mol. The standard InChI is InChI=1S/C14H13N3O3/c1-17(11-4-2-9(3-5-11)14(19)20)12-8-10(13(15)18)6-7-16-12/h2-8H,1H3,(H2,15,18)(H,19,20). The van der Waals surface area contributed by atoms with Crippen LogP contribution in [0.15, 0.2) is 42.6 Å². The summed E-state index contributed by atoms with van der Waals surface area (Å²) in [5, 5.41) is 8.85. The van der Waals surface area contributed by atoms with E-state index in [1.165, 1.54) is 24.4 Å². The van der Waals surface area contributed by atoms with Crippen molar-refractivity contribution >= 4 is 23.4 Å². The van der Waals surface area contributed by atoms with Gasteiger partial charge in [0.2, 0.25) is 5.91 Å². The van der Waals surface area contributed by atoms with E-state index in [4.69, 9.17) is 10.8 Å². The highest BCUT2D eigenvalue weighted by Gasteiger charge is 2.09. The minimum atomic E-state index is -0.979. The topological polar surface area (TPSA) is 96.5 Å². The number of anilines is 2. The Morgan fingerprint density at radius 1 is 1.15 bits per heavy atom. The maximum absolute atomic E-state index is 11.1. The molecule has 0 atom stereocenters. The lowest BCUT2D eigenvalue weighted by Crippen LogP contribution is -2.15. The van der Waals surface area contributed by atoms with E-state index in [2.05, 4.69) is 4.98 Å². The summed E-state index contributed by atoms with van der Waals surface area (Å²) in [7, 11) is 1.77. The Labute approximate surface area is 115 Å². The van der Waals surface area contributed by atoms with Crippen LogP contribution in [0.5, 0.6) is 0 Å². The van der Waals surface area contributed by atoms with Crippen molar-refractivity contribution in [3.05, 3.63) is 53.7 Å². The molecular formula is C14H13N3O3. The highest BCUT2D eigenvalue weighted by Crippen LogP contribution is 2.22. The van der Waals surface area contributed by atoms with Gasteiger partial charge >= 0.3 is 5.97 Å². The van der Waals surface area contributed by atoms with Crippen LogP contribution in [-0.4, -0.2) is 29.0 Å². The van der Waals surface area contributed by atoms with E-state index in [0.717, 1.165) is 5.69 Å². The quantitative estimate of drug-likeness (QED) is 0.881. The molecule has 0 aliphatic carbocycles. The van der Waals surface area contributed by atoms with Gasteiger partial charge in [0, 0.05) is 24.5 Å². The van der Waals surface area contributed by atoms with Gasteiger partial charge < -0.3 is 15.7 Å². The minimum Gasteiger partial charge on any atom is -0.478 e. The number of primary amides is 1. The number of amides is 1. The first-order valence-corrected chi connectivity index (χ1v) is 5.82. The second kappa shape index (κ2) is 5.40. The first kappa shape index (κ1) is 13.5. The normalized spacial score (nSPS) is 10.1. The average Bonchev–Trinajstić information content (AvgIpc) is 2.46. The Morgan fingerprint density at radius 3 is 2.35 bits per heavy atom. The Morgan fingerprint density at radius 2 is 1.80 bits per heavy atom. The van der Waals surface area contributed by atoms with Gasteiger partial charge in [0.15, 0.2) is 0 Å². The number of carboxylic acids is 1. The molecule has 0 aliphatic heterocycles. The number of rotatable bonds is 4. The monoisotopic (exact) mass is 271 g/mol. The highest BCUT2D eigenvalue weighted by molar-refractivity contribution is 5.93. The zero-order chi connectivity index (χ0) is 14.7. The molecule has 0 radical (unpaired) electrons. The summed E-state index contributed by atoms with van der Waals surface area (Å²) in [5.41, 5.74) is 6.55. The Hall–Kier alpha value is -2.89. The van der Waals surface area contributed by atoms with Crippen molar-refractivity contribution in [1.29, 1.82) is 0 Å². The summed E-state index contributed by atoms with van der Waals surface area (Å²) in [6, 6.07) is 9.46. The lowest BCUT2D eigenvalue weighted by atomic mass is 10.2. The molecule has 3 N–H and O–H groups in total. The SMILES string of the molecule is CN(c1ccc(C(=O)O)cc1)c1cc(C(N)=O)ccn1. The molecule has 1 aromatic heterocycles. The van der Waals surface area contributed by atoms with Gasteiger partial charge in [0.05, 0.1) is 5.56 Å². The number of benzene rings is 1. The van der Waals surface area contributed by atoms with Gasteiger partial charge in [-0.3, -0.25) is 4.79 Å². The number of hydrogen-bond acceptors (Lipinski definition) is 4. The second-order valence-electron chi connectivity index (χ2n) is 4.18. The Bertz CT molecular complexity index is 653. The number of aromatic nitrogens is 1. The minimum absolute atomic E-state index is 0.209. The number of carboxylic acid groups (broad SMARTS) is 1. The molecule has 2 rings (SSSR count). The van der Waals surface area contributed by atoms with Crippen LogP contribution >= 0.6 is 0 Å². The fraction of sp³-hybridized carbons (Fsp3) is 0.0714. The van der Waals surface area contributed by atoms with Gasteiger partial charge in [-0.25, -0.2) is 9.78 Å². The van der Waals surface area contributed by atoms with Crippen LogP contribution in [0, 0.1) is 0 Å². The van der Waals surface area contributed by atoms with Crippen molar-refractivity contribution in [2.45, 2.75) is 0 Å². The summed E-state index contributed by atoms with van der Waals surface area (Å²) in [4.78, 5) is 27.8. The molecule has 102 valence electrons. The van der Waals surface area contributed by atoms with Crippen molar-refractivity contribution in [3.8, 4) is 0 Å². The fourth-order valence-corrected chi connectivity index (χ4v) is 1.71. The van der Waals surface area contributed by atoms with Crippen molar-refractivity contribution < 1.29 is 14.7 Å². The van der Waals surface area contributed by atoms with Crippen LogP contribution < -0.4 is 10.6 Å². The van der Waals surface area contributed by atoms with Crippen LogP contribution in [0.25, 0.3) is 0 Å². The van der Waals surface area contributed by atoms with E-state index in [1.54, 1.807) is 30.1 Å². The first-order chi connectivity index (χ1) is 9.49. The summed E-state index contributed by atoms with van der Waals surface area (Å²) in [6.45, 7) is 0. The smallest absolute Gasteiger partial charge is 0.335 e. The molecule has 6 heteroatoms.